The highest BCUT2D eigenvalue weighted by molar-refractivity contribution is 6.00. The van der Waals surface area contributed by atoms with Gasteiger partial charge in [0.25, 0.3) is 5.91 Å². The van der Waals surface area contributed by atoms with E-state index in [1.807, 2.05) is 61.5 Å². The Labute approximate surface area is 234 Å². The minimum Gasteiger partial charge on any atom is -0.494 e. The van der Waals surface area contributed by atoms with Gasteiger partial charge in [-0.2, -0.15) is 0 Å². The number of carbonyl (C=O) groups excluding carboxylic acids is 1. The molecule has 1 aliphatic heterocycles. The number of carbonyl (C=O) groups is 1. The third-order valence-corrected chi connectivity index (χ3v) is 6.82. The summed E-state index contributed by atoms with van der Waals surface area (Å²) in [5.41, 5.74) is 1.31. The molecule has 1 aliphatic rings. The Balaban J connectivity index is 1.61. The first kappa shape index (κ1) is 28.8. The maximum Gasteiger partial charge on any atom is 0.252 e. The molecule has 0 fully saturated rings. The lowest BCUT2D eigenvalue weighted by Crippen LogP contribution is -2.52. The topological polar surface area (TPSA) is 108 Å². The summed E-state index contributed by atoms with van der Waals surface area (Å²) in [5.74, 6) is 2.32. The number of nitrogens with zero attached hydrogens (tertiary/aromatic N) is 1. The molecule has 2 N–H and O–H groups in total. The van der Waals surface area contributed by atoms with E-state index in [0.717, 1.165) is 16.7 Å². The van der Waals surface area contributed by atoms with Crippen molar-refractivity contribution < 1.29 is 33.6 Å². The normalized spacial score (nSPS) is 17.9. The van der Waals surface area contributed by atoms with Gasteiger partial charge in [0.05, 0.1) is 27.9 Å². The number of rotatable bonds is 13. The smallest absolute Gasteiger partial charge is 0.252 e. The molecule has 1 amide bonds. The average Bonchev–Trinajstić information content (AvgIpc) is 3.32. The molecule has 9 heteroatoms. The Morgan fingerprint density at radius 1 is 0.975 bits per heavy atom. The van der Waals surface area contributed by atoms with Crippen molar-refractivity contribution in [1.29, 1.82) is 0 Å². The highest BCUT2D eigenvalue weighted by atomic mass is 16.5. The molecule has 1 heterocycles. The number of aliphatic hydroxyl groups is 1. The molecule has 3 aromatic carbocycles. The van der Waals surface area contributed by atoms with Gasteiger partial charge in [0, 0.05) is 31.6 Å². The first-order valence-electron chi connectivity index (χ1n) is 13.2. The van der Waals surface area contributed by atoms with Crippen LogP contribution in [0, 0.1) is 0 Å². The third-order valence-electron chi connectivity index (χ3n) is 6.82. The van der Waals surface area contributed by atoms with Crippen molar-refractivity contribution in [2.45, 2.75) is 38.0 Å². The third kappa shape index (κ3) is 6.31. The van der Waals surface area contributed by atoms with Gasteiger partial charge in [-0.05, 0) is 54.4 Å². The van der Waals surface area contributed by atoms with E-state index >= 15 is 0 Å². The summed E-state index contributed by atoms with van der Waals surface area (Å²) in [6.45, 7) is 2.59. The number of aliphatic hydroxyl groups excluding tert-OH is 1. The highest BCUT2D eigenvalue weighted by Crippen LogP contribution is 2.38. The number of methoxy groups -OCH3 is 3. The quantitative estimate of drug-likeness (QED) is 0.312. The predicted molar refractivity (Wildman–Crippen MR) is 152 cm³/mol. The van der Waals surface area contributed by atoms with E-state index < -0.39 is 11.6 Å². The second-order valence-corrected chi connectivity index (χ2v) is 9.43. The van der Waals surface area contributed by atoms with Crippen molar-refractivity contribution >= 4 is 11.8 Å². The molecule has 0 saturated carbocycles. The zero-order valence-electron chi connectivity index (χ0n) is 23.3. The summed E-state index contributed by atoms with van der Waals surface area (Å²) in [4.78, 5) is 18.9. The second-order valence-electron chi connectivity index (χ2n) is 9.43. The van der Waals surface area contributed by atoms with E-state index in [1.165, 1.54) is 0 Å². The van der Waals surface area contributed by atoms with Crippen LogP contribution in [-0.4, -0.2) is 63.1 Å². The summed E-state index contributed by atoms with van der Waals surface area (Å²) in [6, 6.07) is 20.7. The summed E-state index contributed by atoms with van der Waals surface area (Å²) in [6.07, 6.45) is 0.396. The number of aliphatic imine (C=N–C) groups is 1. The number of benzene rings is 3. The largest absolute Gasteiger partial charge is 0.494 e. The Morgan fingerprint density at radius 2 is 1.65 bits per heavy atom. The molecule has 2 atom stereocenters. The van der Waals surface area contributed by atoms with Crippen LogP contribution in [-0.2, 0) is 22.5 Å². The highest BCUT2D eigenvalue weighted by Gasteiger charge is 2.50. The van der Waals surface area contributed by atoms with E-state index in [1.54, 1.807) is 33.5 Å². The molecular weight excluding hydrogens is 512 g/mol. The molecular formula is C31H36N2O7. The van der Waals surface area contributed by atoms with Gasteiger partial charge in [-0.15, -0.1) is 0 Å². The van der Waals surface area contributed by atoms with E-state index in [9.17, 15) is 4.79 Å². The van der Waals surface area contributed by atoms with E-state index in [0.29, 0.717) is 48.3 Å². The van der Waals surface area contributed by atoms with Gasteiger partial charge in [0.2, 0.25) is 11.6 Å². The van der Waals surface area contributed by atoms with Crippen LogP contribution in [0.4, 0.5) is 0 Å². The van der Waals surface area contributed by atoms with Gasteiger partial charge in [-0.3, -0.25) is 4.79 Å². The molecule has 212 valence electrons. The zero-order valence-corrected chi connectivity index (χ0v) is 23.3. The maximum absolute atomic E-state index is 13.9. The standard InChI is InChI=1S/C31H36N2O7/c1-21-31(19-22-9-6-5-7-10-22,33-29(40-21)24-11-13-25(14-12-24)39-16-8-15-34)30(35)32-20-23-17-26(36-2)28(38-4)27(18-23)37-3/h5-7,9-14,17-18,21,34H,8,15-16,19-20H2,1-4H3,(H,32,35)/t21-,31-/m1/s1. The van der Waals surface area contributed by atoms with Crippen LogP contribution in [0.3, 0.4) is 0 Å². The van der Waals surface area contributed by atoms with Crippen molar-refractivity contribution in [3.05, 3.63) is 83.4 Å². The second kappa shape index (κ2) is 13.2. The van der Waals surface area contributed by atoms with Gasteiger partial charge in [-0.25, -0.2) is 4.99 Å². The van der Waals surface area contributed by atoms with Crippen molar-refractivity contribution in [2.75, 3.05) is 34.5 Å². The molecule has 0 spiro atoms. The molecule has 3 aromatic rings. The van der Waals surface area contributed by atoms with Crippen LogP contribution in [0.5, 0.6) is 23.0 Å². The molecule has 9 nitrogen and oxygen atoms in total. The molecule has 0 saturated heterocycles. The molecule has 4 rings (SSSR count). The van der Waals surface area contributed by atoms with Crippen molar-refractivity contribution in [2.24, 2.45) is 4.99 Å². The molecule has 0 bridgehead atoms. The lowest BCUT2D eigenvalue weighted by atomic mass is 9.86. The summed E-state index contributed by atoms with van der Waals surface area (Å²) in [5, 5.41) is 12.0. The number of hydrogen-bond donors (Lipinski definition) is 2. The van der Waals surface area contributed by atoms with Crippen molar-refractivity contribution in [3.8, 4) is 23.0 Å². The maximum atomic E-state index is 13.9. The first-order chi connectivity index (χ1) is 19.4. The number of amides is 1. The van der Waals surface area contributed by atoms with Gasteiger partial charge in [0.15, 0.2) is 17.0 Å². The van der Waals surface area contributed by atoms with Gasteiger partial charge >= 0.3 is 0 Å². The fraction of sp³-hybridized carbons (Fsp3) is 0.355. The van der Waals surface area contributed by atoms with E-state index in [2.05, 4.69) is 5.32 Å². The van der Waals surface area contributed by atoms with Gasteiger partial charge in [0.1, 0.15) is 11.9 Å². The van der Waals surface area contributed by atoms with Crippen molar-refractivity contribution in [3.63, 3.8) is 0 Å². The Bertz CT molecular complexity index is 1290. The monoisotopic (exact) mass is 548 g/mol. The van der Waals surface area contributed by atoms with E-state index in [-0.39, 0.29) is 19.1 Å². The lowest BCUT2D eigenvalue weighted by Gasteiger charge is -2.28. The summed E-state index contributed by atoms with van der Waals surface area (Å²) >= 11 is 0. The predicted octanol–water partition coefficient (Wildman–Crippen LogP) is 3.94. The van der Waals surface area contributed by atoms with Crippen LogP contribution in [0.1, 0.15) is 30.0 Å². The van der Waals surface area contributed by atoms with E-state index in [4.69, 9.17) is 33.8 Å². The van der Waals surface area contributed by atoms with Crippen LogP contribution >= 0.6 is 0 Å². The minimum atomic E-state index is -1.19. The SMILES string of the molecule is COc1cc(CNC(=O)[C@]2(Cc3ccccc3)N=C(c3ccc(OCCCO)cc3)O[C@@H]2C)cc(OC)c1OC. The van der Waals surface area contributed by atoms with Crippen LogP contribution in [0.15, 0.2) is 71.7 Å². The van der Waals surface area contributed by atoms with Crippen LogP contribution in [0.25, 0.3) is 0 Å². The van der Waals surface area contributed by atoms with Gasteiger partial charge < -0.3 is 34.1 Å². The summed E-state index contributed by atoms with van der Waals surface area (Å²) < 4.78 is 28.2. The van der Waals surface area contributed by atoms with Crippen molar-refractivity contribution in [1.82, 2.24) is 5.32 Å². The molecule has 0 unspecified atom stereocenters. The Kier molecular flexibility index (Phi) is 9.50. The van der Waals surface area contributed by atoms with Crippen LogP contribution in [0.2, 0.25) is 0 Å². The molecule has 0 aromatic heterocycles. The number of hydrogen-bond acceptors (Lipinski definition) is 8. The Hall–Kier alpha value is -4.24. The molecule has 40 heavy (non-hydrogen) atoms. The first-order valence-corrected chi connectivity index (χ1v) is 13.2. The fourth-order valence-electron chi connectivity index (χ4n) is 4.62. The Morgan fingerprint density at radius 3 is 2.25 bits per heavy atom. The average molecular weight is 549 g/mol. The zero-order chi connectivity index (χ0) is 28.5. The molecule has 0 aliphatic carbocycles. The van der Waals surface area contributed by atoms with Crippen LogP contribution < -0.4 is 24.3 Å². The number of ether oxygens (including phenoxy) is 5. The summed E-state index contributed by atoms with van der Waals surface area (Å²) in [7, 11) is 4.65. The minimum absolute atomic E-state index is 0.0751. The molecule has 0 radical (unpaired) electrons. The van der Waals surface area contributed by atoms with Gasteiger partial charge in [-0.1, -0.05) is 30.3 Å². The lowest BCUT2D eigenvalue weighted by molar-refractivity contribution is -0.128. The number of nitrogens with one attached hydrogen (secondary N) is 1. The fourth-order valence-corrected chi connectivity index (χ4v) is 4.62.